The summed E-state index contributed by atoms with van der Waals surface area (Å²) in [6.45, 7) is 10.9. The van der Waals surface area contributed by atoms with E-state index in [2.05, 4.69) is 10.6 Å². The van der Waals surface area contributed by atoms with Gasteiger partial charge in [0.05, 0.1) is 6.04 Å². The molecule has 1 aromatic rings. The van der Waals surface area contributed by atoms with Crippen molar-refractivity contribution in [3.8, 4) is 0 Å². The lowest BCUT2D eigenvalue weighted by molar-refractivity contribution is -0.119. The summed E-state index contributed by atoms with van der Waals surface area (Å²) in [5, 5.41) is 5.76. The average molecular weight is 320 g/mol. The van der Waals surface area contributed by atoms with Crippen molar-refractivity contribution in [2.75, 3.05) is 0 Å². The Bertz CT molecular complexity index is 549. The first kappa shape index (κ1) is 19.0. The molecule has 2 N–H and O–H groups in total. The lowest BCUT2D eigenvalue weighted by atomic mass is 9.98. The highest BCUT2D eigenvalue weighted by Crippen LogP contribution is 2.21. The van der Waals surface area contributed by atoms with E-state index in [4.69, 9.17) is 4.74 Å². The Kier molecular flexibility index (Phi) is 6.61. The Morgan fingerprint density at radius 2 is 1.87 bits per heavy atom. The molecule has 2 atom stereocenters. The molecular weight excluding hydrogens is 292 g/mol. The van der Waals surface area contributed by atoms with Crippen molar-refractivity contribution in [1.29, 1.82) is 0 Å². The first-order valence-electron chi connectivity index (χ1n) is 7.90. The molecule has 2 amide bonds. The van der Waals surface area contributed by atoms with Crippen LogP contribution in [-0.4, -0.2) is 23.6 Å². The quantitative estimate of drug-likeness (QED) is 0.873. The second-order valence-electron chi connectivity index (χ2n) is 6.95. The monoisotopic (exact) mass is 320 g/mol. The van der Waals surface area contributed by atoms with Gasteiger partial charge in [-0.1, -0.05) is 29.8 Å². The Labute approximate surface area is 138 Å². The van der Waals surface area contributed by atoms with Crippen molar-refractivity contribution in [1.82, 2.24) is 10.6 Å². The molecule has 0 bridgehead atoms. The first-order chi connectivity index (χ1) is 10.6. The van der Waals surface area contributed by atoms with Crippen LogP contribution in [0.3, 0.4) is 0 Å². The van der Waals surface area contributed by atoms with Crippen molar-refractivity contribution in [3.63, 3.8) is 0 Å². The van der Waals surface area contributed by atoms with Crippen LogP contribution in [0.25, 0.3) is 0 Å². The molecule has 0 aromatic heterocycles. The maximum atomic E-state index is 12.1. The Morgan fingerprint density at radius 3 is 2.39 bits per heavy atom. The van der Waals surface area contributed by atoms with Crippen molar-refractivity contribution >= 4 is 12.0 Å². The normalized spacial score (nSPS) is 13.8. The topological polar surface area (TPSA) is 67.4 Å². The van der Waals surface area contributed by atoms with Gasteiger partial charge in [-0.05, 0) is 46.6 Å². The zero-order chi connectivity index (χ0) is 17.6. The molecule has 0 aliphatic rings. The molecule has 0 saturated heterocycles. The van der Waals surface area contributed by atoms with Crippen LogP contribution in [0.5, 0.6) is 0 Å². The second-order valence-corrected chi connectivity index (χ2v) is 6.95. The number of benzene rings is 1. The predicted molar refractivity (Wildman–Crippen MR) is 91.2 cm³/mol. The van der Waals surface area contributed by atoms with Crippen LogP contribution in [0, 0.1) is 6.92 Å². The summed E-state index contributed by atoms with van der Waals surface area (Å²) in [5.74, 6) is -0.0854. The third kappa shape index (κ3) is 7.68. The molecule has 0 heterocycles. The van der Waals surface area contributed by atoms with E-state index >= 15 is 0 Å². The highest BCUT2D eigenvalue weighted by Gasteiger charge is 2.22. The van der Waals surface area contributed by atoms with Crippen LogP contribution < -0.4 is 10.6 Å². The number of carbonyl (C=O) groups is 2. The lowest BCUT2D eigenvalue weighted by Gasteiger charge is -2.26. The van der Waals surface area contributed by atoms with E-state index in [0.717, 1.165) is 11.1 Å². The van der Waals surface area contributed by atoms with Crippen molar-refractivity contribution in [2.24, 2.45) is 0 Å². The molecule has 0 spiro atoms. The minimum absolute atomic E-state index is 0.0621. The van der Waals surface area contributed by atoms with Gasteiger partial charge >= 0.3 is 6.09 Å². The number of hydrogen-bond acceptors (Lipinski definition) is 3. The smallest absolute Gasteiger partial charge is 0.408 e. The summed E-state index contributed by atoms with van der Waals surface area (Å²) in [6, 6.07) is 7.67. The van der Waals surface area contributed by atoms with Crippen LogP contribution in [-0.2, 0) is 9.53 Å². The SMILES string of the molecule is CC(=O)NC(C)CC(NC(=O)OC(C)(C)C)c1cccc(C)c1. The zero-order valence-electron chi connectivity index (χ0n) is 14.9. The minimum atomic E-state index is -0.551. The van der Waals surface area contributed by atoms with E-state index in [1.54, 1.807) is 0 Å². The maximum Gasteiger partial charge on any atom is 0.408 e. The van der Waals surface area contributed by atoms with Crippen molar-refractivity contribution in [3.05, 3.63) is 35.4 Å². The van der Waals surface area contributed by atoms with E-state index < -0.39 is 11.7 Å². The van der Waals surface area contributed by atoms with Crippen molar-refractivity contribution in [2.45, 2.75) is 65.6 Å². The highest BCUT2D eigenvalue weighted by atomic mass is 16.6. The molecule has 128 valence electrons. The van der Waals surface area contributed by atoms with Crippen LogP contribution in [0.2, 0.25) is 0 Å². The average Bonchev–Trinajstić information content (AvgIpc) is 2.34. The van der Waals surface area contributed by atoms with Gasteiger partial charge in [0, 0.05) is 13.0 Å². The standard InChI is InChI=1S/C18H28N2O3/c1-12-8-7-9-15(10-12)16(11-13(2)19-14(3)21)20-17(22)23-18(4,5)6/h7-10,13,16H,11H2,1-6H3,(H,19,21)(H,20,22). The number of carbonyl (C=O) groups excluding carboxylic acids is 2. The molecular formula is C18H28N2O3. The van der Waals surface area contributed by atoms with Gasteiger partial charge in [-0.3, -0.25) is 4.79 Å². The number of alkyl carbamates (subject to hydrolysis) is 1. The van der Waals surface area contributed by atoms with Crippen LogP contribution in [0.4, 0.5) is 4.79 Å². The number of rotatable bonds is 5. The maximum absolute atomic E-state index is 12.1. The first-order valence-corrected chi connectivity index (χ1v) is 7.90. The number of nitrogens with one attached hydrogen (secondary N) is 2. The molecule has 0 aliphatic heterocycles. The van der Waals surface area contributed by atoms with Gasteiger partial charge < -0.3 is 15.4 Å². The van der Waals surface area contributed by atoms with Gasteiger partial charge in [0.2, 0.25) is 5.91 Å². The third-order valence-electron chi connectivity index (χ3n) is 3.17. The fourth-order valence-corrected chi connectivity index (χ4v) is 2.37. The molecule has 1 rings (SSSR count). The van der Waals surface area contributed by atoms with E-state index in [1.807, 2.05) is 58.9 Å². The van der Waals surface area contributed by atoms with Crippen LogP contribution in [0.15, 0.2) is 24.3 Å². The van der Waals surface area contributed by atoms with Gasteiger partial charge in [0.1, 0.15) is 5.60 Å². The molecule has 2 unspecified atom stereocenters. The lowest BCUT2D eigenvalue weighted by Crippen LogP contribution is -2.39. The molecule has 23 heavy (non-hydrogen) atoms. The van der Waals surface area contributed by atoms with E-state index in [0.29, 0.717) is 6.42 Å². The Morgan fingerprint density at radius 1 is 1.22 bits per heavy atom. The van der Waals surface area contributed by atoms with Gasteiger partial charge in [0.15, 0.2) is 0 Å². The number of amides is 2. The van der Waals surface area contributed by atoms with Crippen LogP contribution in [0.1, 0.15) is 58.2 Å². The third-order valence-corrected chi connectivity index (χ3v) is 3.17. The summed E-state index contributed by atoms with van der Waals surface area (Å²) in [7, 11) is 0. The summed E-state index contributed by atoms with van der Waals surface area (Å²) in [6.07, 6.45) is 0.126. The minimum Gasteiger partial charge on any atom is -0.444 e. The molecule has 0 radical (unpaired) electrons. The molecule has 5 heteroatoms. The van der Waals surface area contributed by atoms with E-state index in [-0.39, 0.29) is 18.0 Å². The van der Waals surface area contributed by atoms with Gasteiger partial charge in [-0.15, -0.1) is 0 Å². The van der Waals surface area contributed by atoms with Gasteiger partial charge in [-0.2, -0.15) is 0 Å². The highest BCUT2D eigenvalue weighted by molar-refractivity contribution is 5.73. The number of aryl methyl sites for hydroxylation is 1. The van der Waals surface area contributed by atoms with E-state index in [1.165, 1.54) is 6.92 Å². The fourth-order valence-electron chi connectivity index (χ4n) is 2.37. The Balaban J connectivity index is 2.88. The number of hydrogen-bond donors (Lipinski definition) is 2. The summed E-state index contributed by atoms with van der Waals surface area (Å²) in [5.41, 5.74) is 1.56. The summed E-state index contributed by atoms with van der Waals surface area (Å²) in [4.78, 5) is 23.3. The zero-order valence-corrected chi connectivity index (χ0v) is 14.9. The molecule has 5 nitrogen and oxygen atoms in total. The largest absolute Gasteiger partial charge is 0.444 e. The summed E-state index contributed by atoms with van der Waals surface area (Å²) < 4.78 is 5.35. The molecule has 0 fully saturated rings. The molecule has 1 aromatic carbocycles. The predicted octanol–water partition coefficient (Wildman–Crippen LogP) is 3.48. The summed E-state index contributed by atoms with van der Waals surface area (Å²) >= 11 is 0. The van der Waals surface area contributed by atoms with Gasteiger partial charge in [-0.25, -0.2) is 4.79 Å². The number of ether oxygens (including phenoxy) is 1. The second kappa shape index (κ2) is 7.99. The van der Waals surface area contributed by atoms with Gasteiger partial charge in [0.25, 0.3) is 0 Å². The Hall–Kier alpha value is -2.04. The van der Waals surface area contributed by atoms with Crippen molar-refractivity contribution < 1.29 is 14.3 Å². The fraction of sp³-hybridized carbons (Fsp3) is 0.556. The molecule has 0 aliphatic carbocycles. The van der Waals surface area contributed by atoms with E-state index in [9.17, 15) is 9.59 Å². The molecule has 0 saturated carbocycles. The van der Waals surface area contributed by atoms with Crippen LogP contribution >= 0.6 is 0 Å².